The summed E-state index contributed by atoms with van der Waals surface area (Å²) in [6, 6.07) is 0.442. The van der Waals surface area contributed by atoms with Gasteiger partial charge in [0.15, 0.2) is 0 Å². The molecule has 2 rings (SSSR count). The van der Waals surface area contributed by atoms with Crippen LogP contribution in [-0.4, -0.2) is 23.4 Å². The third-order valence-corrected chi connectivity index (χ3v) is 2.27. The highest BCUT2D eigenvalue weighted by molar-refractivity contribution is 5.89. The van der Waals surface area contributed by atoms with Gasteiger partial charge in [0.05, 0.1) is 0 Å². The summed E-state index contributed by atoms with van der Waals surface area (Å²) in [7, 11) is 0. The van der Waals surface area contributed by atoms with Gasteiger partial charge in [0.1, 0.15) is 0 Å². The highest BCUT2D eigenvalue weighted by Crippen LogP contribution is 2.18. The van der Waals surface area contributed by atoms with Crippen molar-refractivity contribution in [3.63, 3.8) is 0 Å². The van der Waals surface area contributed by atoms with Crippen molar-refractivity contribution >= 4 is 5.91 Å². The number of rotatable bonds is 0. The van der Waals surface area contributed by atoms with Crippen LogP contribution in [0.5, 0.6) is 0 Å². The molecule has 0 aromatic rings. The number of amides is 1. The van der Waals surface area contributed by atoms with Crippen molar-refractivity contribution < 1.29 is 4.79 Å². The predicted molar refractivity (Wildman–Crippen MR) is 43.0 cm³/mol. The van der Waals surface area contributed by atoms with E-state index in [1.807, 2.05) is 11.0 Å². The molecule has 0 unspecified atom stereocenters. The Morgan fingerprint density at radius 3 is 2.91 bits per heavy atom. The number of hydrogen-bond donors (Lipinski definition) is 0. The highest BCUT2D eigenvalue weighted by Gasteiger charge is 2.24. The summed E-state index contributed by atoms with van der Waals surface area (Å²) < 4.78 is 0. The van der Waals surface area contributed by atoms with Crippen molar-refractivity contribution in [1.29, 1.82) is 0 Å². The van der Waals surface area contributed by atoms with E-state index in [0.717, 1.165) is 19.4 Å². The van der Waals surface area contributed by atoms with Crippen LogP contribution in [0, 0.1) is 0 Å². The van der Waals surface area contributed by atoms with E-state index in [4.69, 9.17) is 0 Å². The minimum atomic E-state index is 0.172. The maximum atomic E-state index is 11.2. The zero-order valence-electron chi connectivity index (χ0n) is 6.36. The summed E-state index contributed by atoms with van der Waals surface area (Å²) in [5.41, 5.74) is 0. The molecule has 2 heterocycles. The molecular formula is C9H11NO. The number of hydrogen-bond acceptors (Lipinski definition) is 1. The fraction of sp³-hybridized carbons (Fsp3) is 0.444. The van der Waals surface area contributed by atoms with Crippen LogP contribution in [0.25, 0.3) is 0 Å². The second kappa shape index (κ2) is 2.53. The SMILES string of the molecule is O=C1C=CC[C@@H]2CC=CCN12. The van der Waals surface area contributed by atoms with E-state index in [1.165, 1.54) is 0 Å². The van der Waals surface area contributed by atoms with Crippen molar-refractivity contribution in [2.24, 2.45) is 0 Å². The third-order valence-electron chi connectivity index (χ3n) is 2.27. The first-order valence-corrected chi connectivity index (χ1v) is 4.00. The Labute approximate surface area is 66.2 Å². The average molecular weight is 149 g/mol. The molecule has 11 heavy (non-hydrogen) atoms. The van der Waals surface area contributed by atoms with Crippen LogP contribution in [0.1, 0.15) is 12.8 Å². The molecule has 0 aliphatic carbocycles. The zero-order valence-corrected chi connectivity index (χ0v) is 6.36. The Kier molecular flexibility index (Phi) is 1.53. The van der Waals surface area contributed by atoms with Gasteiger partial charge >= 0.3 is 0 Å². The number of carbonyl (C=O) groups excluding carboxylic acids is 1. The largest absolute Gasteiger partial charge is 0.332 e. The Hall–Kier alpha value is -1.05. The maximum absolute atomic E-state index is 11.2. The zero-order chi connectivity index (χ0) is 7.68. The van der Waals surface area contributed by atoms with Gasteiger partial charge in [-0.3, -0.25) is 4.79 Å². The van der Waals surface area contributed by atoms with Crippen LogP contribution in [0.4, 0.5) is 0 Å². The van der Waals surface area contributed by atoms with Crippen LogP contribution in [-0.2, 0) is 4.79 Å². The molecule has 0 fully saturated rings. The molecule has 0 spiro atoms. The summed E-state index contributed by atoms with van der Waals surface area (Å²) in [5.74, 6) is 0.172. The van der Waals surface area contributed by atoms with Gasteiger partial charge in [-0.1, -0.05) is 18.2 Å². The van der Waals surface area contributed by atoms with Gasteiger partial charge in [0, 0.05) is 12.6 Å². The standard InChI is InChI=1S/C9H11NO/c11-9-6-3-5-8-4-1-2-7-10(8)9/h1-3,6,8H,4-5,7H2/t8-/m0/s1. The predicted octanol–water partition coefficient (Wildman–Crippen LogP) is 1.10. The minimum absolute atomic E-state index is 0.172. The van der Waals surface area contributed by atoms with Crippen LogP contribution in [0.15, 0.2) is 24.3 Å². The van der Waals surface area contributed by atoms with Gasteiger partial charge in [0.25, 0.3) is 0 Å². The maximum Gasteiger partial charge on any atom is 0.246 e. The van der Waals surface area contributed by atoms with Gasteiger partial charge in [-0.25, -0.2) is 0 Å². The first-order chi connectivity index (χ1) is 5.38. The lowest BCUT2D eigenvalue weighted by atomic mass is 10.0. The third kappa shape index (κ3) is 1.09. The monoisotopic (exact) mass is 149 g/mol. The van der Waals surface area contributed by atoms with Gasteiger partial charge < -0.3 is 4.90 Å². The summed E-state index contributed by atoms with van der Waals surface area (Å²) in [4.78, 5) is 13.2. The van der Waals surface area contributed by atoms with Crippen molar-refractivity contribution in [2.75, 3.05) is 6.54 Å². The van der Waals surface area contributed by atoms with E-state index in [9.17, 15) is 4.79 Å². The first kappa shape index (κ1) is 6.65. The molecule has 0 saturated heterocycles. The quantitative estimate of drug-likeness (QED) is 0.472. The van der Waals surface area contributed by atoms with Crippen molar-refractivity contribution in [2.45, 2.75) is 18.9 Å². The van der Waals surface area contributed by atoms with Crippen LogP contribution < -0.4 is 0 Å². The fourth-order valence-electron chi connectivity index (χ4n) is 1.63. The lowest BCUT2D eigenvalue weighted by Gasteiger charge is -2.33. The van der Waals surface area contributed by atoms with E-state index < -0.39 is 0 Å². The Morgan fingerprint density at radius 2 is 2.09 bits per heavy atom. The van der Waals surface area contributed by atoms with Crippen molar-refractivity contribution in [3.05, 3.63) is 24.3 Å². The Bertz CT molecular complexity index is 230. The topological polar surface area (TPSA) is 20.3 Å². The molecule has 0 aromatic carbocycles. The molecule has 2 aliphatic heterocycles. The molecular weight excluding hydrogens is 138 g/mol. The van der Waals surface area contributed by atoms with E-state index >= 15 is 0 Å². The second-order valence-electron chi connectivity index (χ2n) is 2.99. The molecule has 1 amide bonds. The van der Waals surface area contributed by atoms with Crippen LogP contribution in [0.2, 0.25) is 0 Å². The minimum Gasteiger partial charge on any atom is -0.332 e. The average Bonchev–Trinajstić information content (AvgIpc) is 2.06. The summed E-state index contributed by atoms with van der Waals surface area (Å²) >= 11 is 0. The van der Waals surface area contributed by atoms with Crippen molar-refractivity contribution in [3.8, 4) is 0 Å². The first-order valence-electron chi connectivity index (χ1n) is 4.00. The Morgan fingerprint density at radius 1 is 1.27 bits per heavy atom. The smallest absolute Gasteiger partial charge is 0.246 e. The van der Waals surface area contributed by atoms with Crippen molar-refractivity contribution in [1.82, 2.24) is 4.90 Å². The Balaban J connectivity index is 2.21. The molecule has 0 radical (unpaired) electrons. The normalized spacial score (nSPS) is 28.9. The van der Waals surface area contributed by atoms with Crippen LogP contribution in [0.3, 0.4) is 0 Å². The summed E-state index contributed by atoms with van der Waals surface area (Å²) in [6.07, 6.45) is 9.92. The molecule has 0 saturated carbocycles. The van der Waals surface area contributed by atoms with Gasteiger partial charge in [-0.2, -0.15) is 0 Å². The van der Waals surface area contributed by atoms with Gasteiger partial charge in [0.2, 0.25) is 5.91 Å². The lowest BCUT2D eigenvalue weighted by molar-refractivity contribution is -0.128. The molecule has 1 atom stereocenters. The van der Waals surface area contributed by atoms with E-state index in [0.29, 0.717) is 6.04 Å². The second-order valence-corrected chi connectivity index (χ2v) is 2.99. The van der Waals surface area contributed by atoms with Crippen LogP contribution >= 0.6 is 0 Å². The molecule has 2 nitrogen and oxygen atoms in total. The molecule has 2 aliphatic rings. The summed E-state index contributed by atoms with van der Waals surface area (Å²) in [5, 5.41) is 0. The molecule has 2 heteroatoms. The summed E-state index contributed by atoms with van der Waals surface area (Å²) in [6.45, 7) is 0.799. The van der Waals surface area contributed by atoms with Gasteiger partial charge in [-0.15, -0.1) is 0 Å². The molecule has 0 aromatic heterocycles. The molecule has 58 valence electrons. The van der Waals surface area contributed by atoms with E-state index in [-0.39, 0.29) is 5.91 Å². The highest BCUT2D eigenvalue weighted by atomic mass is 16.2. The van der Waals surface area contributed by atoms with E-state index in [2.05, 4.69) is 12.2 Å². The number of fused-ring (bicyclic) bond motifs is 1. The molecule has 0 N–H and O–H groups in total. The lowest BCUT2D eigenvalue weighted by Crippen LogP contribution is -2.42. The molecule has 0 bridgehead atoms. The fourth-order valence-corrected chi connectivity index (χ4v) is 1.63. The van der Waals surface area contributed by atoms with E-state index in [1.54, 1.807) is 6.08 Å². The number of carbonyl (C=O) groups is 1. The van der Waals surface area contributed by atoms with Gasteiger partial charge in [-0.05, 0) is 18.9 Å². The number of nitrogens with zero attached hydrogens (tertiary/aromatic N) is 1.